The van der Waals surface area contributed by atoms with Crippen molar-refractivity contribution >= 4 is 21.6 Å². The summed E-state index contributed by atoms with van der Waals surface area (Å²) in [5.74, 6) is -1.59. The number of rotatable bonds is 3. The molecule has 0 saturated heterocycles. The Morgan fingerprint density at radius 1 is 1.00 bits per heavy atom. The highest BCUT2D eigenvalue weighted by Crippen LogP contribution is 2.25. The Labute approximate surface area is 117 Å². The number of halogens is 4. The molecule has 2 aromatic carbocycles. The van der Waals surface area contributed by atoms with E-state index in [1.54, 1.807) is 19.1 Å². The molecule has 2 aromatic rings. The lowest BCUT2D eigenvalue weighted by Gasteiger charge is -2.16. The van der Waals surface area contributed by atoms with E-state index >= 15 is 0 Å². The van der Waals surface area contributed by atoms with Crippen molar-refractivity contribution < 1.29 is 13.2 Å². The van der Waals surface area contributed by atoms with Gasteiger partial charge in [-0.1, -0.05) is 6.07 Å². The van der Waals surface area contributed by atoms with Crippen molar-refractivity contribution in [2.24, 2.45) is 0 Å². The maximum absolute atomic E-state index is 13.6. The minimum absolute atomic E-state index is 0.323. The molecular weight excluding hydrogens is 319 g/mol. The molecule has 0 amide bonds. The highest BCUT2D eigenvalue weighted by Gasteiger charge is 2.12. The van der Waals surface area contributed by atoms with Crippen LogP contribution in [0.2, 0.25) is 0 Å². The molecule has 0 radical (unpaired) electrons. The van der Waals surface area contributed by atoms with Crippen LogP contribution in [-0.4, -0.2) is 0 Å². The van der Waals surface area contributed by atoms with E-state index in [0.717, 1.165) is 6.07 Å². The van der Waals surface area contributed by atoms with Crippen LogP contribution in [0.5, 0.6) is 0 Å². The first-order chi connectivity index (χ1) is 8.97. The Morgan fingerprint density at radius 3 is 2.37 bits per heavy atom. The van der Waals surface area contributed by atoms with Crippen molar-refractivity contribution in [1.29, 1.82) is 0 Å². The van der Waals surface area contributed by atoms with Gasteiger partial charge in [-0.25, -0.2) is 13.2 Å². The monoisotopic (exact) mass is 329 g/mol. The first-order valence-corrected chi connectivity index (χ1v) is 6.43. The largest absolute Gasteiger partial charge is 0.378 e. The Bertz CT molecular complexity index is 601. The third-order valence-corrected chi connectivity index (χ3v) is 3.34. The fourth-order valence-corrected chi connectivity index (χ4v) is 2.15. The first-order valence-electron chi connectivity index (χ1n) is 5.64. The predicted octanol–water partition coefficient (Wildman–Crippen LogP) is 5.04. The van der Waals surface area contributed by atoms with Crippen LogP contribution in [0, 0.1) is 17.5 Å². The maximum atomic E-state index is 13.6. The Kier molecular flexibility index (Phi) is 4.14. The summed E-state index contributed by atoms with van der Waals surface area (Å²) in [5, 5.41) is 3.03. The number of anilines is 1. The van der Waals surface area contributed by atoms with Crippen LogP contribution in [0.1, 0.15) is 18.5 Å². The number of benzene rings is 2. The minimum Gasteiger partial charge on any atom is -0.378 e. The van der Waals surface area contributed by atoms with E-state index in [1.807, 2.05) is 0 Å². The van der Waals surface area contributed by atoms with E-state index < -0.39 is 11.6 Å². The molecule has 1 unspecified atom stereocenters. The second-order valence-electron chi connectivity index (χ2n) is 4.16. The molecule has 0 aromatic heterocycles. The summed E-state index contributed by atoms with van der Waals surface area (Å²) in [6.07, 6.45) is 0. The molecule has 0 fully saturated rings. The van der Waals surface area contributed by atoms with Crippen LogP contribution in [0.3, 0.4) is 0 Å². The Hall–Kier alpha value is -1.49. The summed E-state index contributed by atoms with van der Waals surface area (Å²) < 4.78 is 39.8. The fourth-order valence-electron chi connectivity index (χ4n) is 1.77. The molecule has 0 aliphatic heterocycles. The second-order valence-corrected chi connectivity index (χ2v) is 5.02. The molecule has 1 nitrogen and oxygen atoms in total. The molecule has 100 valence electrons. The zero-order valence-electron chi connectivity index (χ0n) is 10.1. The average molecular weight is 330 g/mol. The number of hydrogen-bond acceptors (Lipinski definition) is 1. The smallest absolute Gasteiger partial charge is 0.137 e. The van der Waals surface area contributed by atoms with Crippen LogP contribution < -0.4 is 5.32 Å². The van der Waals surface area contributed by atoms with Gasteiger partial charge in [0.1, 0.15) is 17.5 Å². The molecule has 0 aliphatic rings. The zero-order valence-corrected chi connectivity index (χ0v) is 11.6. The van der Waals surface area contributed by atoms with Gasteiger partial charge in [-0.2, -0.15) is 0 Å². The molecular formula is C14H11BrF3N. The fraction of sp³-hybridized carbons (Fsp3) is 0.143. The van der Waals surface area contributed by atoms with E-state index in [-0.39, 0.29) is 11.9 Å². The van der Waals surface area contributed by atoms with Gasteiger partial charge in [0.25, 0.3) is 0 Å². The van der Waals surface area contributed by atoms with Crippen molar-refractivity contribution in [2.45, 2.75) is 13.0 Å². The summed E-state index contributed by atoms with van der Waals surface area (Å²) in [4.78, 5) is 0. The van der Waals surface area contributed by atoms with Gasteiger partial charge in [0.05, 0.1) is 10.5 Å². The third-order valence-electron chi connectivity index (χ3n) is 2.73. The molecule has 0 saturated carbocycles. The van der Waals surface area contributed by atoms with E-state index in [0.29, 0.717) is 15.7 Å². The zero-order chi connectivity index (χ0) is 14.0. The van der Waals surface area contributed by atoms with Gasteiger partial charge in [-0.3, -0.25) is 0 Å². The molecule has 0 aliphatic carbocycles. The molecule has 1 atom stereocenters. The average Bonchev–Trinajstić information content (AvgIpc) is 2.33. The first kappa shape index (κ1) is 13.9. The normalized spacial score (nSPS) is 12.3. The highest BCUT2D eigenvalue weighted by atomic mass is 79.9. The predicted molar refractivity (Wildman–Crippen MR) is 72.5 cm³/mol. The molecule has 2 rings (SSSR count). The summed E-state index contributed by atoms with van der Waals surface area (Å²) in [5.41, 5.74) is 0.992. The van der Waals surface area contributed by atoms with Gasteiger partial charge in [0.15, 0.2) is 0 Å². The van der Waals surface area contributed by atoms with Gasteiger partial charge in [0, 0.05) is 17.3 Å². The van der Waals surface area contributed by atoms with Gasteiger partial charge in [0.2, 0.25) is 0 Å². The van der Waals surface area contributed by atoms with Gasteiger partial charge in [-0.05, 0) is 47.1 Å². The minimum atomic E-state index is -0.613. The lowest BCUT2D eigenvalue weighted by atomic mass is 10.1. The van der Waals surface area contributed by atoms with Crippen molar-refractivity contribution in [2.75, 3.05) is 5.32 Å². The SMILES string of the molecule is CC(Nc1ccc(F)c(Br)c1)c1ccc(F)cc1F. The van der Waals surface area contributed by atoms with Crippen LogP contribution in [0.15, 0.2) is 40.9 Å². The van der Waals surface area contributed by atoms with Gasteiger partial charge >= 0.3 is 0 Å². The van der Waals surface area contributed by atoms with Gasteiger partial charge < -0.3 is 5.32 Å². The van der Waals surface area contributed by atoms with Crippen molar-refractivity contribution in [1.82, 2.24) is 0 Å². The van der Waals surface area contributed by atoms with E-state index in [1.165, 1.54) is 18.2 Å². The lowest BCUT2D eigenvalue weighted by molar-refractivity contribution is 0.566. The van der Waals surface area contributed by atoms with Crippen LogP contribution in [-0.2, 0) is 0 Å². The summed E-state index contributed by atoms with van der Waals surface area (Å²) in [6, 6.07) is 7.50. The Morgan fingerprint density at radius 2 is 1.74 bits per heavy atom. The molecule has 5 heteroatoms. The van der Waals surface area contributed by atoms with Gasteiger partial charge in [-0.15, -0.1) is 0 Å². The molecule has 0 spiro atoms. The molecule has 0 heterocycles. The summed E-state index contributed by atoms with van der Waals surface area (Å²) >= 11 is 3.08. The molecule has 19 heavy (non-hydrogen) atoms. The van der Waals surface area contributed by atoms with E-state index in [4.69, 9.17) is 0 Å². The van der Waals surface area contributed by atoms with Crippen LogP contribution in [0.25, 0.3) is 0 Å². The van der Waals surface area contributed by atoms with Crippen molar-refractivity contribution in [3.63, 3.8) is 0 Å². The second kappa shape index (κ2) is 5.65. The molecule has 1 N–H and O–H groups in total. The summed E-state index contributed by atoms with van der Waals surface area (Å²) in [6.45, 7) is 1.74. The lowest BCUT2D eigenvalue weighted by Crippen LogP contribution is -2.09. The topological polar surface area (TPSA) is 12.0 Å². The summed E-state index contributed by atoms with van der Waals surface area (Å²) in [7, 11) is 0. The van der Waals surface area contributed by atoms with Crippen LogP contribution >= 0.6 is 15.9 Å². The third kappa shape index (κ3) is 3.29. The number of nitrogens with one attached hydrogen (secondary N) is 1. The van der Waals surface area contributed by atoms with Crippen molar-refractivity contribution in [3.05, 3.63) is 63.9 Å². The molecule has 0 bridgehead atoms. The number of hydrogen-bond donors (Lipinski definition) is 1. The standard InChI is InChI=1S/C14H11BrF3N/c1-8(11-4-2-9(16)6-14(11)18)19-10-3-5-13(17)12(15)7-10/h2-8,19H,1H3. The van der Waals surface area contributed by atoms with E-state index in [2.05, 4.69) is 21.2 Å². The maximum Gasteiger partial charge on any atom is 0.137 e. The van der Waals surface area contributed by atoms with E-state index in [9.17, 15) is 13.2 Å². The van der Waals surface area contributed by atoms with Crippen molar-refractivity contribution in [3.8, 4) is 0 Å². The van der Waals surface area contributed by atoms with Crippen LogP contribution in [0.4, 0.5) is 18.9 Å². The quantitative estimate of drug-likeness (QED) is 0.831. The highest BCUT2D eigenvalue weighted by molar-refractivity contribution is 9.10. The Balaban J connectivity index is 2.20.